The minimum Gasteiger partial charge on any atom is -0.374 e. The number of benzene rings is 1. The lowest BCUT2D eigenvalue weighted by atomic mass is 10.1. The van der Waals surface area contributed by atoms with Crippen molar-refractivity contribution in [3.63, 3.8) is 0 Å². The van der Waals surface area contributed by atoms with Crippen LogP contribution in [0, 0.1) is 0 Å². The third kappa shape index (κ3) is 2.93. The van der Waals surface area contributed by atoms with Crippen molar-refractivity contribution in [2.24, 2.45) is 0 Å². The highest BCUT2D eigenvalue weighted by Crippen LogP contribution is 2.35. The molecule has 0 N–H and O–H groups in total. The maximum Gasteiger partial charge on any atom is 0.237 e. The lowest BCUT2D eigenvalue weighted by Gasteiger charge is -2.38. The van der Waals surface area contributed by atoms with E-state index in [2.05, 4.69) is 0 Å². The van der Waals surface area contributed by atoms with Crippen molar-refractivity contribution in [3.8, 4) is 0 Å². The topological polar surface area (TPSA) is 49.9 Å². The van der Waals surface area contributed by atoms with Gasteiger partial charge in [0, 0.05) is 24.4 Å². The standard InChI is InChI=1S/C18H22N2O3S/c21-17(20-10-11-23-15-6-3-5-13(15)20)8-9-19-14-4-1-2-7-16(14)24-12-18(19)22/h1-2,4,7,13,15H,3,5-6,8-12H2/t13-,15-/m1/s1. The van der Waals surface area contributed by atoms with Crippen molar-refractivity contribution < 1.29 is 14.3 Å². The molecule has 0 aromatic heterocycles. The summed E-state index contributed by atoms with van der Waals surface area (Å²) in [5.74, 6) is 0.693. The molecule has 0 spiro atoms. The molecule has 2 fully saturated rings. The Kier molecular flexibility index (Phi) is 4.50. The van der Waals surface area contributed by atoms with Gasteiger partial charge in [0.15, 0.2) is 0 Å². The molecule has 0 unspecified atom stereocenters. The number of nitrogens with zero attached hydrogens (tertiary/aromatic N) is 2. The molecule has 1 saturated carbocycles. The van der Waals surface area contributed by atoms with Gasteiger partial charge in [-0.05, 0) is 31.4 Å². The smallest absolute Gasteiger partial charge is 0.237 e. The maximum absolute atomic E-state index is 12.7. The molecule has 2 atom stereocenters. The van der Waals surface area contributed by atoms with E-state index in [9.17, 15) is 9.59 Å². The summed E-state index contributed by atoms with van der Waals surface area (Å²) < 4.78 is 5.78. The minimum atomic E-state index is 0.0900. The van der Waals surface area contributed by atoms with Crippen LogP contribution in [-0.2, 0) is 14.3 Å². The first-order valence-electron chi connectivity index (χ1n) is 8.67. The Morgan fingerprint density at radius 1 is 1.29 bits per heavy atom. The van der Waals surface area contributed by atoms with Crippen LogP contribution < -0.4 is 4.90 Å². The fraction of sp³-hybridized carbons (Fsp3) is 0.556. The number of hydrogen-bond acceptors (Lipinski definition) is 4. The molecule has 1 saturated heterocycles. The summed E-state index contributed by atoms with van der Waals surface area (Å²) in [6.45, 7) is 1.78. The maximum atomic E-state index is 12.7. The molecule has 1 aromatic carbocycles. The summed E-state index contributed by atoms with van der Waals surface area (Å²) in [4.78, 5) is 29.9. The minimum absolute atomic E-state index is 0.0900. The molecule has 1 aliphatic carbocycles. The van der Waals surface area contributed by atoms with Crippen LogP contribution in [0.2, 0.25) is 0 Å². The van der Waals surface area contributed by atoms with Crippen LogP contribution >= 0.6 is 11.8 Å². The lowest BCUT2D eigenvalue weighted by molar-refractivity contribution is -0.143. The summed E-state index contributed by atoms with van der Waals surface area (Å²) in [5.41, 5.74) is 0.937. The van der Waals surface area contributed by atoms with E-state index < -0.39 is 0 Å². The molecule has 4 rings (SSSR count). The monoisotopic (exact) mass is 346 g/mol. The second-order valence-corrected chi connectivity index (χ2v) is 7.56. The summed E-state index contributed by atoms with van der Waals surface area (Å²) >= 11 is 1.57. The van der Waals surface area contributed by atoms with Gasteiger partial charge in [-0.3, -0.25) is 9.59 Å². The van der Waals surface area contributed by atoms with Crippen LogP contribution in [0.15, 0.2) is 29.2 Å². The van der Waals surface area contributed by atoms with Crippen LogP contribution in [0.5, 0.6) is 0 Å². The van der Waals surface area contributed by atoms with Gasteiger partial charge in [0.1, 0.15) is 0 Å². The number of thioether (sulfide) groups is 1. The summed E-state index contributed by atoms with van der Waals surface area (Å²) in [5, 5.41) is 0. The molecule has 3 aliphatic rings. The first kappa shape index (κ1) is 16.0. The van der Waals surface area contributed by atoms with E-state index >= 15 is 0 Å². The number of hydrogen-bond donors (Lipinski definition) is 0. The number of fused-ring (bicyclic) bond motifs is 2. The SMILES string of the molecule is O=C1CSc2ccccc2N1CCC(=O)N1CCO[C@@H]2CCC[C@H]21. The van der Waals surface area contributed by atoms with E-state index in [1.807, 2.05) is 29.2 Å². The number of anilines is 1. The van der Waals surface area contributed by atoms with Gasteiger partial charge in [0.05, 0.1) is 30.2 Å². The number of rotatable bonds is 3. The Morgan fingerprint density at radius 2 is 2.17 bits per heavy atom. The average Bonchev–Trinajstić information content (AvgIpc) is 3.09. The van der Waals surface area contributed by atoms with E-state index in [1.54, 1.807) is 16.7 Å². The summed E-state index contributed by atoms with van der Waals surface area (Å²) in [6.07, 6.45) is 3.83. The first-order valence-corrected chi connectivity index (χ1v) is 9.66. The molecule has 128 valence electrons. The van der Waals surface area contributed by atoms with Crippen molar-refractivity contribution in [1.82, 2.24) is 4.90 Å². The molecule has 0 bridgehead atoms. The molecule has 2 heterocycles. The van der Waals surface area contributed by atoms with Gasteiger partial charge in [0.25, 0.3) is 0 Å². The first-order chi connectivity index (χ1) is 11.7. The zero-order chi connectivity index (χ0) is 16.5. The highest BCUT2D eigenvalue weighted by Gasteiger charge is 2.38. The molecule has 5 nitrogen and oxygen atoms in total. The lowest BCUT2D eigenvalue weighted by Crippen LogP contribution is -2.52. The Bertz CT molecular complexity index is 651. The number of carbonyl (C=O) groups is 2. The molecular weight excluding hydrogens is 324 g/mol. The van der Waals surface area contributed by atoms with Gasteiger partial charge < -0.3 is 14.5 Å². The summed E-state index contributed by atoms with van der Waals surface area (Å²) in [6, 6.07) is 8.17. The highest BCUT2D eigenvalue weighted by atomic mass is 32.2. The Morgan fingerprint density at radius 3 is 3.08 bits per heavy atom. The van der Waals surface area contributed by atoms with Crippen LogP contribution in [0.25, 0.3) is 0 Å². The average molecular weight is 346 g/mol. The van der Waals surface area contributed by atoms with Crippen LogP contribution in [0.4, 0.5) is 5.69 Å². The molecule has 24 heavy (non-hydrogen) atoms. The Balaban J connectivity index is 1.43. The predicted octanol–water partition coefficient (Wildman–Crippen LogP) is 2.30. The molecule has 0 radical (unpaired) electrons. The van der Waals surface area contributed by atoms with Gasteiger partial charge in [-0.15, -0.1) is 11.8 Å². The quantitative estimate of drug-likeness (QED) is 0.843. The van der Waals surface area contributed by atoms with E-state index in [0.29, 0.717) is 31.9 Å². The van der Waals surface area contributed by atoms with Crippen LogP contribution in [-0.4, -0.2) is 54.3 Å². The highest BCUT2D eigenvalue weighted by molar-refractivity contribution is 8.00. The van der Waals surface area contributed by atoms with Crippen LogP contribution in [0.3, 0.4) is 0 Å². The van der Waals surface area contributed by atoms with E-state index in [-0.39, 0.29) is 24.0 Å². The van der Waals surface area contributed by atoms with Crippen molar-refractivity contribution in [1.29, 1.82) is 0 Å². The number of para-hydroxylation sites is 1. The molecule has 1 aromatic rings. The Hall–Kier alpha value is -1.53. The van der Waals surface area contributed by atoms with E-state index in [0.717, 1.165) is 29.8 Å². The zero-order valence-electron chi connectivity index (χ0n) is 13.6. The van der Waals surface area contributed by atoms with Crippen molar-refractivity contribution in [2.75, 3.05) is 30.3 Å². The van der Waals surface area contributed by atoms with Gasteiger partial charge in [-0.25, -0.2) is 0 Å². The second kappa shape index (κ2) is 6.76. The second-order valence-electron chi connectivity index (χ2n) is 6.55. The molecule has 6 heteroatoms. The summed E-state index contributed by atoms with van der Waals surface area (Å²) in [7, 11) is 0. The number of amides is 2. The zero-order valence-corrected chi connectivity index (χ0v) is 14.5. The number of morpholine rings is 1. The third-order valence-corrected chi connectivity index (χ3v) is 6.21. The van der Waals surface area contributed by atoms with Crippen molar-refractivity contribution in [3.05, 3.63) is 24.3 Å². The fourth-order valence-electron chi connectivity index (χ4n) is 3.99. The molecule has 2 aliphatic heterocycles. The van der Waals surface area contributed by atoms with Gasteiger partial charge >= 0.3 is 0 Å². The normalized spacial score (nSPS) is 26.2. The van der Waals surface area contributed by atoms with Crippen LogP contribution in [0.1, 0.15) is 25.7 Å². The third-order valence-electron chi connectivity index (χ3n) is 5.16. The van der Waals surface area contributed by atoms with E-state index in [4.69, 9.17) is 4.74 Å². The number of ether oxygens (including phenoxy) is 1. The van der Waals surface area contributed by atoms with Gasteiger partial charge in [0.2, 0.25) is 11.8 Å². The van der Waals surface area contributed by atoms with E-state index in [1.165, 1.54) is 0 Å². The predicted molar refractivity (Wildman–Crippen MR) is 93.2 cm³/mol. The van der Waals surface area contributed by atoms with Crippen molar-refractivity contribution in [2.45, 2.75) is 42.7 Å². The Labute approximate surface area is 146 Å². The van der Waals surface area contributed by atoms with Gasteiger partial charge in [-0.2, -0.15) is 0 Å². The largest absolute Gasteiger partial charge is 0.374 e. The molecule has 2 amide bonds. The van der Waals surface area contributed by atoms with Crippen molar-refractivity contribution >= 4 is 29.3 Å². The number of carbonyl (C=O) groups excluding carboxylic acids is 2. The fourth-order valence-corrected chi connectivity index (χ4v) is 4.92. The molecular formula is C18H22N2O3S. The van der Waals surface area contributed by atoms with Gasteiger partial charge in [-0.1, -0.05) is 12.1 Å².